The molecule has 1 amide bonds. The molecule has 0 saturated carbocycles. The van der Waals surface area contributed by atoms with Gasteiger partial charge in [0.1, 0.15) is 5.75 Å². The summed E-state index contributed by atoms with van der Waals surface area (Å²) in [5.74, 6) is 0.575. The van der Waals surface area contributed by atoms with E-state index in [1.54, 1.807) is 31.6 Å². The monoisotopic (exact) mass is 271 g/mol. The summed E-state index contributed by atoms with van der Waals surface area (Å²) in [5.41, 5.74) is 2.57. The number of carbonyl (C=O) groups is 1. The Balaban J connectivity index is 1.95. The quantitative estimate of drug-likeness (QED) is 0.876. The first-order chi connectivity index (χ1) is 9.69. The second-order valence-corrected chi connectivity index (χ2v) is 4.35. The number of aryl methyl sites for hydroxylation is 1. The van der Waals surface area contributed by atoms with Crippen LogP contribution in [-0.4, -0.2) is 24.5 Å². The number of nitrogens with zero attached hydrogens (tertiary/aromatic N) is 1. The molecule has 5 nitrogen and oxygen atoms in total. The lowest BCUT2D eigenvalue weighted by Crippen LogP contribution is -2.22. The van der Waals surface area contributed by atoms with E-state index in [0.717, 1.165) is 11.3 Å². The molecule has 1 heterocycles. The van der Waals surface area contributed by atoms with Crippen molar-refractivity contribution in [2.45, 2.75) is 6.92 Å². The Labute approximate surface area is 118 Å². The molecule has 1 aromatic carbocycles. The number of benzene rings is 1. The van der Waals surface area contributed by atoms with E-state index >= 15 is 0 Å². The van der Waals surface area contributed by atoms with Gasteiger partial charge < -0.3 is 15.4 Å². The van der Waals surface area contributed by atoms with Gasteiger partial charge in [-0.15, -0.1) is 0 Å². The minimum atomic E-state index is -0.137. The number of rotatable bonds is 5. The molecule has 2 N–H and O–H groups in total. The lowest BCUT2D eigenvalue weighted by Gasteiger charge is -2.12. The summed E-state index contributed by atoms with van der Waals surface area (Å²) in [7, 11) is 1.60. The van der Waals surface area contributed by atoms with E-state index < -0.39 is 0 Å². The first-order valence-corrected chi connectivity index (χ1v) is 6.27. The molecular formula is C15H17N3O2. The molecule has 0 spiro atoms. The van der Waals surface area contributed by atoms with Crippen molar-refractivity contribution in [1.82, 2.24) is 4.98 Å². The third-order valence-corrected chi connectivity index (χ3v) is 2.74. The van der Waals surface area contributed by atoms with Crippen LogP contribution in [0.1, 0.15) is 5.56 Å². The number of carbonyl (C=O) groups excluding carboxylic acids is 1. The Morgan fingerprint density at radius 3 is 2.90 bits per heavy atom. The normalized spacial score (nSPS) is 9.90. The zero-order chi connectivity index (χ0) is 14.4. The number of anilines is 2. The molecule has 0 aliphatic carbocycles. The number of amides is 1. The lowest BCUT2D eigenvalue weighted by atomic mass is 10.2. The highest BCUT2D eigenvalue weighted by Gasteiger charge is 2.06. The third-order valence-electron chi connectivity index (χ3n) is 2.74. The number of hydrogen-bond acceptors (Lipinski definition) is 4. The maximum absolute atomic E-state index is 11.8. The van der Waals surface area contributed by atoms with Crippen molar-refractivity contribution < 1.29 is 9.53 Å². The van der Waals surface area contributed by atoms with Crippen molar-refractivity contribution in [2.75, 3.05) is 24.3 Å². The molecular weight excluding hydrogens is 254 g/mol. The first-order valence-electron chi connectivity index (χ1n) is 6.27. The maximum Gasteiger partial charge on any atom is 0.243 e. The molecule has 0 saturated heterocycles. The van der Waals surface area contributed by atoms with Crippen LogP contribution in [0, 0.1) is 6.92 Å². The minimum absolute atomic E-state index is 0.137. The minimum Gasteiger partial charge on any atom is -0.495 e. The van der Waals surface area contributed by atoms with Crippen LogP contribution in [0.5, 0.6) is 5.75 Å². The van der Waals surface area contributed by atoms with Crippen molar-refractivity contribution in [2.24, 2.45) is 0 Å². The fourth-order valence-corrected chi connectivity index (χ4v) is 1.78. The smallest absolute Gasteiger partial charge is 0.243 e. The Hall–Kier alpha value is -2.56. The van der Waals surface area contributed by atoms with Gasteiger partial charge in [-0.2, -0.15) is 0 Å². The topological polar surface area (TPSA) is 63.2 Å². The Kier molecular flexibility index (Phi) is 4.55. The summed E-state index contributed by atoms with van der Waals surface area (Å²) < 4.78 is 5.25. The van der Waals surface area contributed by atoms with Gasteiger partial charge in [-0.1, -0.05) is 6.07 Å². The van der Waals surface area contributed by atoms with Crippen molar-refractivity contribution in [3.63, 3.8) is 0 Å². The van der Waals surface area contributed by atoms with Crippen molar-refractivity contribution in [1.29, 1.82) is 0 Å². The molecule has 0 unspecified atom stereocenters. The van der Waals surface area contributed by atoms with Crippen LogP contribution >= 0.6 is 0 Å². The highest BCUT2D eigenvalue weighted by atomic mass is 16.5. The van der Waals surface area contributed by atoms with Crippen LogP contribution < -0.4 is 15.4 Å². The highest BCUT2D eigenvalue weighted by Crippen LogP contribution is 2.24. The van der Waals surface area contributed by atoms with E-state index in [1.165, 1.54) is 0 Å². The number of hydrogen-bond donors (Lipinski definition) is 2. The average molecular weight is 271 g/mol. The van der Waals surface area contributed by atoms with Crippen LogP contribution in [-0.2, 0) is 4.79 Å². The van der Waals surface area contributed by atoms with Crippen LogP contribution in [0.4, 0.5) is 11.4 Å². The van der Waals surface area contributed by atoms with E-state index in [9.17, 15) is 4.79 Å². The van der Waals surface area contributed by atoms with Gasteiger partial charge in [-0.3, -0.25) is 9.78 Å². The van der Waals surface area contributed by atoms with Gasteiger partial charge >= 0.3 is 0 Å². The molecule has 0 aliphatic rings. The number of nitrogens with one attached hydrogen (secondary N) is 2. The summed E-state index contributed by atoms with van der Waals surface area (Å²) >= 11 is 0. The predicted molar refractivity (Wildman–Crippen MR) is 79.1 cm³/mol. The molecule has 0 bridgehead atoms. The zero-order valence-electron chi connectivity index (χ0n) is 11.5. The highest BCUT2D eigenvalue weighted by molar-refractivity contribution is 5.93. The van der Waals surface area contributed by atoms with Gasteiger partial charge in [0, 0.05) is 6.20 Å². The van der Waals surface area contributed by atoms with Crippen molar-refractivity contribution in [3.05, 3.63) is 48.3 Å². The summed E-state index contributed by atoms with van der Waals surface area (Å²) in [6.45, 7) is 2.15. The molecule has 0 atom stereocenters. The van der Waals surface area contributed by atoms with Crippen LogP contribution in [0.2, 0.25) is 0 Å². The summed E-state index contributed by atoms with van der Waals surface area (Å²) in [5, 5.41) is 5.83. The van der Waals surface area contributed by atoms with E-state index in [1.807, 2.05) is 25.1 Å². The number of pyridine rings is 1. The maximum atomic E-state index is 11.8. The van der Waals surface area contributed by atoms with Gasteiger partial charge in [0.25, 0.3) is 0 Å². The third kappa shape index (κ3) is 3.71. The number of methoxy groups -OCH3 is 1. The lowest BCUT2D eigenvalue weighted by molar-refractivity contribution is -0.114. The summed E-state index contributed by atoms with van der Waals surface area (Å²) in [6.07, 6.45) is 3.26. The number of ether oxygens (including phenoxy) is 1. The van der Waals surface area contributed by atoms with E-state index in [-0.39, 0.29) is 12.5 Å². The summed E-state index contributed by atoms with van der Waals surface area (Å²) in [6, 6.07) is 9.33. The Morgan fingerprint density at radius 2 is 2.20 bits per heavy atom. The average Bonchev–Trinajstić information content (AvgIpc) is 2.46. The SMILES string of the molecule is COc1ccc(C)cc1NCC(=O)Nc1cccnc1. The van der Waals surface area contributed by atoms with Gasteiger partial charge in [0.2, 0.25) is 5.91 Å². The van der Waals surface area contributed by atoms with Crippen molar-refractivity contribution in [3.8, 4) is 5.75 Å². The Morgan fingerprint density at radius 1 is 1.35 bits per heavy atom. The molecule has 0 radical (unpaired) electrons. The van der Waals surface area contributed by atoms with Gasteiger partial charge in [-0.25, -0.2) is 0 Å². The van der Waals surface area contributed by atoms with Gasteiger partial charge in [0.05, 0.1) is 31.2 Å². The zero-order valence-corrected chi connectivity index (χ0v) is 11.5. The van der Waals surface area contributed by atoms with Crippen molar-refractivity contribution >= 4 is 17.3 Å². The standard InChI is InChI=1S/C15H17N3O2/c1-11-5-6-14(20-2)13(8-11)17-10-15(19)18-12-4-3-7-16-9-12/h3-9,17H,10H2,1-2H3,(H,18,19). The molecule has 104 valence electrons. The molecule has 2 aromatic rings. The van der Waals surface area contributed by atoms with E-state index in [2.05, 4.69) is 15.6 Å². The fraction of sp³-hybridized carbons (Fsp3) is 0.200. The van der Waals surface area contributed by atoms with Crippen LogP contribution in [0.15, 0.2) is 42.7 Å². The molecule has 1 aromatic heterocycles. The molecule has 20 heavy (non-hydrogen) atoms. The van der Waals surface area contributed by atoms with Crippen LogP contribution in [0.3, 0.4) is 0 Å². The number of aromatic nitrogens is 1. The fourth-order valence-electron chi connectivity index (χ4n) is 1.78. The Bertz CT molecular complexity index is 585. The largest absolute Gasteiger partial charge is 0.495 e. The van der Waals surface area contributed by atoms with Crippen LogP contribution in [0.25, 0.3) is 0 Å². The molecule has 5 heteroatoms. The second kappa shape index (κ2) is 6.56. The predicted octanol–water partition coefficient (Wildman–Crippen LogP) is 2.45. The summed E-state index contributed by atoms with van der Waals surface area (Å²) in [4.78, 5) is 15.8. The van der Waals surface area contributed by atoms with E-state index in [4.69, 9.17) is 4.74 Å². The van der Waals surface area contributed by atoms with Gasteiger partial charge in [-0.05, 0) is 36.8 Å². The first kappa shape index (κ1) is 13.9. The second-order valence-electron chi connectivity index (χ2n) is 4.35. The van der Waals surface area contributed by atoms with E-state index in [0.29, 0.717) is 11.4 Å². The molecule has 2 rings (SSSR count). The molecule has 0 aliphatic heterocycles. The van der Waals surface area contributed by atoms with Gasteiger partial charge in [0.15, 0.2) is 0 Å². The molecule has 0 fully saturated rings.